The Kier molecular flexibility index (Phi) is 4.10. The molecule has 3 rings (SSSR count). The van der Waals surface area contributed by atoms with Crippen LogP contribution in [0.15, 0.2) is 25.8 Å². The van der Waals surface area contributed by atoms with Crippen LogP contribution in [0.1, 0.15) is 24.1 Å². The lowest BCUT2D eigenvalue weighted by atomic mass is 10.1. The smallest absolute Gasteiger partial charge is 0.286 e. The summed E-state index contributed by atoms with van der Waals surface area (Å²) in [6.07, 6.45) is 5.62. The van der Waals surface area contributed by atoms with Crippen molar-refractivity contribution in [3.05, 3.63) is 25.7 Å². The lowest BCUT2D eigenvalue weighted by Gasteiger charge is -2.27. The predicted octanol–water partition coefficient (Wildman–Crippen LogP) is 3.97. The van der Waals surface area contributed by atoms with Crippen molar-refractivity contribution in [1.82, 2.24) is 4.90 Å². The lowest BCUT2D eigenvalue weighted by Crippen LogP contribution is -2.33. The molecule has 0 aliphatic carbocycles. The molecule has 0 radical (unpaired) electrons. The average molecular weight is 357 g/mol. The van der Waals surface area contributed by atoms with Crippen LogP contribution in [0, 0.1) is 0 Å². The van der Waals surface area contributed by atoms with Crippen LogP contribution in [0.2, 0.25) is 0 Å². The monoisotopic (exact) mass is 356 g/mol. The van der Waals surface area contributed by atoms with Crippen molar-refractivity contribution < 1.29 is 4.79 Å². The summed E-state index contributed by atoms with van der Waals surface area (Å²) in [6.45, 7) is 2.05. The molecule has 0 atom stereocenters. The van der Waals surface area contributed by atoms with E-state index < -0.39 is 0 Å². The Hall–Kier alpha value is -0.590. The fraction of sp³-hybridized carbons (Fsp3) is 0.385. The molecule has 0 aromatic carbocycles. The van der Waals surface area contributed by atoms with Crippen molar-refractivity contribution in [2.45, 2.75) is 19.3 Å². The molecule has 3 nitrogen and oxygen atoms in total. The number of amides is 1. The maximum absolute atomic E-state index is 11.9. The Morgan fingerprint density at radius 2 is 2.05 bits per heavy atom. The molecule has 1 aromatic heterocycles. The van der Waals surface area contributed by atoms with Crippen LogP contribution in [-0.2, 0) is 4.79 Å². The van der Waals surface area contributed by atoms with Gasteiger partial charge in [-0.05, 0) is 65.2 Å². The van der Waals surface area contributed by atoms with Crippen LogP contribution in [-0.4, -0.2) is 29.1 Å². The number of carbonyl (C=O) groups excluding carboxylic acids is 1. The number of piperidine rings is 1. The Bertz CT molecular complexity index is 559. The van der Waals surface area contributed by atoms with E-state index in [1.54, 1.807) is 11.3 Å². The minimum Gasteiger partial charge on any atom is -0.351 e. The number of rotatable bonds is 1. The SMILES string of the molecule is O=C1N=C(N2CCCCC2)S/C1=C\c1ccc(Br)s1. The van der Waals surface area contributed by atoms with E-state index in [1.165, 1.54) is 31.0 Å². The lowest BCUT2D eigenvalue weighted by molar-refractivity contribution is -0.113. The zero-order valence-corrected chi connectivity index (χ0v) is 13.5. The summed E-state index contributed by atoms with van der Waals surface area (Å²) in [5, 5.41) is 0.881. The number of thioether (sulfide) groups is 1. The van der Waals surface area contributed by atoms with E-state index >= 15 is 0 Å². The summed E-state index contributed by atoms with van der Waals surface area (Å²) in [5.74, 6) is -0.102. The van der Waals surface area contributed by atoms with Gasteiger partial charge in [0.15, 0.2) is 5.17 Å². The fourth-order valence-electron chi connectivity index (χ4n) is 2.15. The van der Waals surface area contributed by atoms with E-state index in [0.29, 0.717) is 0 Å². The molecule has 1 saturated heterocycles. The second-order valence-corrected chi connectivity index (χ2v) is 8.00. The van der Waals surface area contributed by atoms with Gasteiger partial charge in [-0.3, -0.25) is 4.79 Å². The van der Waals surface area contributed by atoms with E-state index in [2.05, 4.69) is 25.8 Å². The van der Waals surface area contributed by atoms with Crippen molar-refractivity contribution in [2.75, 3.05) is 13.1 Å². The number of carbonyl (C=O) groups is 1. The highest BCUT2D eigenvalue weighted by molar-refractivity contribution is 9.11. The molecule has 6 heteroatoms. The van der Waals surface area contributed by atoms with Crippen LogP contribution in [0.3, 0.4) is 0 Å². The number of thiophene rings is 1. The summed E-state index contributed by atoms with van der Waals surface area (Å²) in [4.78, 5) is 20.2. The van der Waals surface area contributed by atoms with Gasteiger partial charge in [0.25, 0.3) is 5.91 Å². The molecule has 0 spiro atoms. The van der Waals surface area contributed by atoms with Gasteiger partial charge < -0.3 is 4.90 Å². The highest BCUT2D eigenvalue weighted by Gasteiger charge is 2.26. The number of nitrogens with zero attached hydrogens (tertiary/aromatic N) is 2. The first-order valence-electron chi connectivity index (χ1n) is 6.25. The third-order valence-corrected chi connectivity index (χ3v) is 5.72. The van der Waals surface area contributed by atoms with E-state index in [4.69, 9.17) is 0 Å². The average Bonchev–Trinajstić information content (AvgIpc) is 2.98. The second-order valence-electron chi connectivity index (χ2n) is 4.50. The van der Waals surface area contributed by atoms with Gasteiger partial charge >= 0.3 is 0 Å². The first-order chi connectivity index (χ1) is 9.22. The third kappa shape index (κ3) is 3.12. The van der Waals surface area contributed by atoms with Crippen LogP contribution >= 0.6 is 39.0 Å². The first kappa shape index (κ1) is 13.4. The number of halogens is 1. The van der Waals surface area contributed by atoms with Crippen LogP contribution in [0.25, 0.3) is 6.08 Å². The maximum atomic E-state index is 11.9. The summed E-state index contributed by atoms with van der Waals surface area (Å²) in [5.41, 5.74) is 0. The molecular weight excluding hydrogens is 344 g/mol. The largest absolute Gasteiger partial charge is 0.351 e. The van der Waals surface area contributed by atoms with E-state index in [1.807, 2.05) is 18.2 Å². The molecule has 2 aliphatic rings. The minimum absolute atomic E-state index is 0.102. The molecule has 1 aromatic rings. The Morgan fingerprint density at radius 3 is 2.74 bits per heavy atom. The standard InChI is InChI=1S/C13H13BrN2OS2/c14-11-5-4-9(18-11)8-10-12(17)15-13(19-10)16-6-2-1-3-7-16/h4-5,8H,1-3,6-7H2/b10-8-. The molecule has 0 unspecified atom stereocenters. The number of aliphatic imine (C=N–C) groups is 1. The molecule has 0 saturated carbocycles. The summed E-state index contributed by atoms with van der Waals surface area (Å²) in [7, 11) is 0. The quantitative estimate of drug-likeness (QED) is 0.713. The van der Waals surface area contributed by atoms with E-state index in [0.717, 1.165) is 31.8 Å². The molecule has 0 bridgehead atoms. The van der Waals surface area contributed by atoms with Gasteiger partial charge in [0.2, 0.25) is 0 Å². The predicted molar refractivity (Wildman–Crippen MR) is 85.5 cm³/mol. The Morgan fingerprint density at radius 1 is 1.26 bits per heavy atom. The number of hydrogen-bond acceptors (Lipinski definition) is 4. The molecule has 19 heavy (non-hydrogen) atoms. The molecule has 1 amide bonds. The van der Waals surface area contributed by atoms with Gasteiger partial charge in [0, 0.05) is 18.0 Å². The number of hydrogen-bond donors (Lipinski definition) is 0. The van der Waals surface area contributed by atoms with Crippen molar-refractivity contribution in [1.29, 1.82) is 0 Å². The maximum Gasteiger partial charge on any atom is 0.286 e. The van der Waals surface area contributed by atoms with Crippen LogP contribution in [0.5, 0.6) is 0 Å². The molecule has 0 N–H and O–H groups in total. The van der Waals surface area contributed by atoms with Crippen LogP contribution in [0.4, 0.5) is 0 Å². The summed E-state index contributed by atoms with van der Waals surface area (Å²) >= 11 is 6.56. The third-order valence-electron chi connectivity index (χ3n) is 3.10. The summed E-state index contributed by atoms with van der Waals surface area (Å²) in [6, 6.07) is 4.00. The number of likely N-dealkylation sites (tertiary alicyclic amines) is 1. The Labute approximate surface area is 128 Å². The first-order valence-corrected chi connectivity index (χ1v) is 8.68. The minimum atomic E-state index is -0.102. The highest BCUT2D eigenvalue weighted by atomic mass is 79.9. The van der Waals surface area contributed by atoms with Gasteiger partial charge in [-0.2, -0.15) is 4.99 Å². The molecule has 1 fully saturated rings. The normalized spacial score (nSPS) is 22.2. The second kappa shape index (κ2) is 5.81. The van der Waals surface area contributed by atoms with Crippen molar-refractivity contribution in [3.63, 3.8) is 0 Å². The van der Waals surface area contributed by atoms with Crippen LogP contribution < -0.4 is 0 Å². The summed E-state index contributed by atoms with van der Waals surface area (Å²) < 4.78 is 1.08. The molecule has 100 valence electrons. The molecular formula is C13H13BrN2OS2. The van der Waals surface area contributed by atoms with Crippen molar-refractivity contribution >= 4 is 56.2 Å². The van der Waals surface area contributed by atoms with E-state index in [-0.39, 0.29) is 5.91 Å². The molecule has 2 aliphatic heterocycles. The fourth-order valence-corrected chi connectivity index (χ4v) is 4.55. The van der Waals surface area contributed by atoms with Gasteiger partial charge in [0.05, 0.1) is 8.69 Å². The van der Waals surface area contributed by atoms with E-state index in [9.17, 15) is 4.79 Å². The number of amidine groups is 1. The van der Waals surface area contributed by atoms with Gasteiger partial charge in [-0.15, -0.1) is 11.3 Å². The highest BCUT2D eigenvalue weighted by Crippen LogP contribution is 2.33. The zero-order chi connectivity index (χ0) is 13.2. The van der Waals surface area contributed by atoms with Crippen molar-refractivity contribution in [3.8, 4) is 0 Å². The zero-order valence-electron chi connectivity index (χ0n) is 10.3. The van der Waals surface area contributed by atoms with Crippen molar-refractivity contribution in [2.24, 2.45) is 4.99 Å². The van der Waals surface area contributed by atoms with Gasteiger partial charge in [0.1, 0.15) is 0 Å². The molecule has 3 heterocycles. The van der Waals surface area contributed by atoms with Gasteiger partial charge in [-0.1, -0.05) is 0 Å². The topological polar surface area (TPSA) is 32.7 Å². The Balaban J connectivity index is 1.74. The van der Waals surface area contributed by atoms with Gasteiger partial charge in [-0.25, -0.2) is 0 Å².